The first-order valence-electron chi connectivity index (χ1n) is 4.21. The number of carbonyl (C=O) groups is 1. The predicted octanol–water partition coefficient (Wildman–Crippen LogP) is 2.81. The fraction of sp³-hybridized carbons (Fsp3) is 0.300. The highest BCUT2D eigenvalue weighted by Crippen LogP contribution is 2.18. The standard InChI is InChI=1S/C10H10BrFO2/c1-2-14-6-10(13)8-5-7(12)3-4-9(8)11/h3-5H,2,6H2,1H3. The van der Waals surface area contributed by atoms with Crippen LogP contribution in [0.3, 0.4) is 0 Å². The number of ketones is 1. The van der Waals surface area contributed by atoms with E-state index in [1.54, 1.807) is 6.92 Å². The van der Waals surface area contributed by atoms with E-state index in [1.807, 2.05) is 0 Å². The van der Waals surface area contributed by atoms with E-state index in [-0.39, 0.29) is 12.4 Å². The highest BCUT2D eigenvalue weighted by Gasteiger charge is 2.10. The number of halogens is 2. The molecule has 14 heavy (non-hydrogen) atoms. The summed E-state index contributed by atoms with van der Waals surface area (Å²) in [6.07, 6.45) is 0. The van der Waals surface area contributed by atoms with Gasteiger partial charge in [0.25, 0.3) is 0 Å². The van der Waals surface area contributed by atoms with E-state index in [2.05, 4.69) is 15.9 Å². The highest BCUT2D eigenvalue weighted by atomic mass is 79.9. The van der Waals surface area contributed by atoms with Gasteiger partial charge < -0.3 is 4.74 Å². The van der Waals surface area contributed by atoms with Gasteiger partial charge in [0.1, 0.15) is 12.4 Å². The van der Waals surface area contributed by atoms with Crippen molar-refractivity contribution in [2.75, 3.05) is 13.2 Å². The maximum Gasteiger partial charge on any atom is 0.189 e. The smallest absolute Gasteiger partial charge is 0.189 e. The van der Waals surface area contributed by atoms with Crippen LogP contribution >= 0.6 is 15.9 Å². The second kappa shape index (κ2) is 5.22. The Kier molecular flexibility index (Phi) is 4.22. The molecule has 1 rings (SSSR count). The first kappa shape index (κ1) is 11.3. The number of Topliss-reactive ketones (excluding diaryl/α,β-unsaturated/α-hetero) is 1. The topological polar surface area (TPSA) is 26.3 Å². The molecule has 0 atom stereocenters. The summed E-state index contributed by atoms with van der Waals surface area (Å²) in [6.45, 7) is 2.26. The first-order chi connectivity index (χ1) is 6.65. The van der Waals surface area contributed by atoms with Gasteiger partial charge in [-0.25, -0.2) is 4.39 Å². The average Bonchev–Trinajstić information content (AvgIpc) is 2.18. The summed E-state index contributed by atoms with van der Waals surface area (Å²) in [4.78, 5) is 11.5. The van der Waals surface area contributed by atoms with Crippen molar-refractivity contribution in [3.05, 3.63) is 34.1 Å². The fourth-order valence-corrected chi connectivity index (χ4v) is 1.45. The minimum absolute atomic E-state index is 0.0153. The SMILES string of the molecule is CCOCC(=O)c1cc(F)ccc1Br. The Labute approximate surface area is 90.2 Å². The van der Waals surface area contributed by atoms with Gasteiger partial charge in [-0.1, -0.05) is 15.9 Å². The van der Waals surface area contributed by atoms with Crippen LogP contribution in [0.4, 0.5) is 4.39 Å². The van der Waals surface area contributed by atoms with Crippen molar-refractivity contribution >= 4 is 21.7 Å². The maximum absolute atomic E-state index is 12.8. The van der Waals surface area contributed by atoms with E-state index < -0.39 is 5.82 Å². The molecule has 0 fully saturated rings. The predicted molar refractivity (Wildman–Crippen MR) is 54.9 cm³/mol. The third-order valence-electron chi connectivity index (χ3n) is 1.67. The largest absolute Gasteiger partial charge is 0.374 e. The summed E-state index contributed by atoms with van der Waals surface area (Å²) < 4.78 is 18.4. The summed E-state index contributed by atoms with van der Waals surface area (Å²) in [6, 6.07) is 4.00. The van der Waals surface area contributed by atoms with Gasteiger partial charge in [0, 0.05) is 16.6 Å². The molecule has 0 saturated carbocycles. The molecule has 0 amide bonds. The molecule has 1 aromatic rings. The number of hydrogen-bond donors (Lipinski definition) is 0. The monoisotopic (exact) mass is 260 g/mol. The quantitative estimate of drug-likeness (QED) is 0.779. The zero-order valence-electron chi connectivity index (χ0n) is 7.72. The molecular formula is C10H10BrFO2. The summed E-state index contributed by atoms with van der Waals surface area (Å²) >= 11 is 3.18. The van der Waals surface area contributed by atoms with E-state index in [9.17, 15) is 9.18 Å². The van der Waals surface area contributed by atoms with Crippen molar-refractivity contribution < 1.29 is 13.9 Å². The van der Waals surface area contributed by atoms with Crippen LogP contribution in [0.15, 0.2) is 22.7 Å². The van der Waals surface area contributed by atoms with E-state index in [0.29, 0.717) is 16.6 Å². The van der Waals surface area contributed by atoms with Crippen LogP contribution in [-0.4, -0.2) is 19.0 Å². The normalized spacial score (nSPS) is 10.2. The van der Waals surface area contributed by atoms with Gasteiger partial charge in [-0.3, -0.25) is 4.79 Å². The molecular weight excluding hydrogens is 251 g/mol. The molecule has 4 heteroatoms. The molecule has 1 aromatic carbocycles. The van der Waals surface area contributed by atoms with E-state index in [4.69, 9.17) is 4.74 Å². The van der Waals surface area contributed by atoms with Crippen molar-refractivity contribution in [3.8, 4) is 0 Å². The summed E-state index contributed by atoms with van der Waals surface area (Å²) in [5.74, 6) is -0.647. The number of benzene rings is 1. The maximum atomic E-state index is 12.8. The molecule has 0 radical (unpaired) electrons. The van der Waals surface area contributed by atoms with Crippen molar-refractivity contribution in [1.82, 2.24) is 0 Å². The Morgan fingerprint density at radius 2 is 2.29 bits per heavy atom. The number of rotatable bonds is 4. The van der Waals surface area contributed by atoms with Crippen molar-refractivity contribution in [2.24, 2.45) is 0 Å². The molecule has 0 aliphatic rings. The molecule has 76 valence electrons. The number of carbonyl (C=O) groups excluding carboxylic acids is 1. The Morgan fingerprint density at radius 3 is 2.93 bits per heavy atom. The zero-order valence-corrected chi connectivity index (χ0v) is 9.30. The van der Waals surface area contributed by atoms with Crippen LogP contribution in [0.2, 0.25) is 0 Å². The lowest BCUT2D eigenvalue weighted by molar-refractivity contribution is 0.0782. The van der Waals surface area contributed by atoms with Gasteiger partial charge in [-0.15, -0.1) is 0 Å². The molecule has 0 spiro atoms. The molecule has 2 nitrogen and oxygen atoms in total. The number of ether oxygens (including phenoxy) is 1. The Balaban J connectivity index is 2.83. The van der Waals surface area contributed by atoms with Crippen LogP contribution in [0.1, 0.15) is 17.3 Å². The van der Waals surface area contributed by atoms with Gasteiger partial charge in [0.05, 0.1) is 0 Å². The molecule has 0 heterocycles. The van der Waals surface area contributed by atoms with Crippen molar-refractivity contribution in [1.29, 1.82) is 0 Å². The Morgan fingerprint density at radius 1 is 1.57 bits per heavy atom. The van der Waals surface area contributed by atoms with Gasteiger partial charge in [-0.05, 0) is 25.1 Å². The van der Waals surface area contributed by atoms with Crippen LogP contribution in [0.5, 0.6) is 0 Å². The van der Waals surface area contributed by atoms with Gasteiger partial charge >= 0.3 is 0 Å². The van der Waals surface area contributed by atoms with Gasteiger partial charge in [0.15, 0.2) is 5.78 Å². The molecule has 0 aliphatic heterocycles. The summed E-state index contributed by atoms with van der Waals surface area (Å²) in [5.41, 5.74) is 0.318. The molecule has 0 aliphatic carbocycles. The molecule has 0 unspecified atom stereocenters. The fourth-order valence-electron chi connectivity index (χ4n) is 0.984. The zero-order chi connectivity index (χ0) is 10.6. The molecule has 0 aromatic heterocycles. The molecule has 0 N–H and O–H groups in total. The van der Waals surface area contributed by atoms with Gasteiger partial charge in [0.2, 0.25) is 0 Å². The lowest BCUT2D eigenvalue weighted by Crippen LogP contribution is -2.09. The Bertz CT molecular complexity index is 339. The van der Waals surface area contributed by atoms with E-state index in [1.165, 1.54) is 18.2 Å². The Hall–Kier alpha value is -0.740. The third-order valence-corrected chi connectivity index (χ3v) is 2.36. The van der Waals surface area contributed by atoms with Crippen LogP contribution < -0.4 is 0 Å². The van der Waals surface area contributed by atoms with Crippen molar-refractivity contribution in [3.63, 3.8) is 0 Å². The first-order valence-corrected chi connectivity index (χ1v) is 5.00. The number of hydrogen-bond acceptors (Lipinski definition) is 2. The van der Waals surface area contributed by atoms with Gasteiger partial charge in [-0.2, -0.15) is 0 Å². The second-order valence-electron chi connectivity index (χ2n) is 2.68. The third kappa shape index (κ3) is 2.89. The summed E-state index contributed by atoms with van der Waals surface area (Å²) in [5, 5.41) is 0. The lowest BCUT2D eigenvalue weighted by atomic mass is 10.1. The van der Waals surface area contributed by atoms with Crippen LogP contribution in [0.25, 0.3) is 0 Å². The van der Waals surface area contributed by atoms with E-state index >= 15 is 0 Å². The van der Waals surface area contributed by atoms with Crippen LogP contribution in [-0.2, 0) is 4.74 Å². The highest BCUT2D eigenvalue weighted by molar-refractivity contribution is 9.10. The lowest BCUT2D eigenvalue weighted by Gasteiger charge is -2.03. The van der Waals surface area contributed by atoms with Crippen LogP contribution in [0, 0.1) is 5.82 Å². The minimum Gasteiger partial charge on any atom is -0.374 e. The summed E-state index contributed by atoms with van der Waals surface area (Å²) in [7, 11) is 0. The molecule has 0 bridgehead atoms. The second-order valence-corrected chi connectivity index (χ2v) is 3.54. The molecule has 0 saturated heterocycles. The van der Waals surface area contributed by atoms with E-state index in [0.717, 1.165) is 0 Å². The van der Waals surface area contributed by atoms with Crippen molar-refractivity contribution in [2.45, 2.75) is 6.92 Å². The average molecular weight is 261 g/mol. The minimum atomic E-state index is -0.423.